The second kappa shape index (κ2) is 6.91. The standard InChI is InChI=1S/C15H22OSSi/c1-6-14(11-12-18(3,4)5)17-15-9-7-13(16-2)8-10-15/h7-10,14H,6H2,1-5H3. The SMILES string of the molecule is CCC(C#C[Si](C)(C)C)Sc1ccc(OC)cc1. The van der Waals surface area contributed by atoms with Crippen molar-refractivity contribution in [2.45, 2.75) is 43.1 Å². The van der Waals surface area contributed by atoms with Gasteiger partial charge in [-0.25, -0.2) is 0 Å². The van der Waals surface area contributed by atoms with Crippen molar-refractivity contribution < 1.29 is 4.74 Å². The molecule has 0 bridgehead atoms. The van der Waals surface area contributed by atoms with E-state index in [0.717, 1.165) is 12.2 Å². The largest absolute Gasteiger partial charge is 0.497 e. The predicted molar refractivity (Wildman–Crippen MR) is 84.1 cm³/mol. The molecule has 0 heterocycles. The molecule has 0 amide bonds. The molecule has 1 rings (SSSR count). The first kappa shape index (κ1) is 15.2. The van der Waals surface area contributed by atoms with Crippen LogP contribution >= 0.6 is 11.8 Å². The van der Waals surface area contributed by atoms with Crippen LogP contribution in [-0.4, -0.2) is 20.4 Å². The van der Waals surface area contributed by atoms with Gasteiger partial charge in [-0.1, -0.05) is 32.5 Å². The van der Waals surface area contributed by atoms with Crippen molar-refractivity contribution in [3.05, 3.63) is 24.3 Å². The summed E-state index contributed by atoms with van der Waals surface area (Å²) in [6, 6.07) is 8.20. The fourth-order valence-corrected chi connectivity index (χ4v) is 2.95. The van der Waals surface area contributed by atoms with Gasteiger partial charge in [0, 0.05) is 4.90 Å². The molecule has 1 atom stereocenters. The molecule has 0 aliphatic rings. The van der Waals surface area contributed by atoms with Crippen LogP contribution in [0, 0.1) is 11.5 Å². The first-order chi connectivity index (χ1) is 8.44. The Kier molecular flexibility index (Phi) is 5.84. The number of benzene rings is 1. The number of hydrogen-bond acceptors (Lipinski definition) is 2. The predicted octanol–water partition coefficient (Wildman–Crippen LogP) is 4.45. The van der Waals surface area contributed by atoms with E-state index in [2.05, 4.69) is 50.2 Å². The Morgan fingerprint density at radius 3 is 2.28 bits per heavy atom. The Morgan fingerprint density at radius 1 is 1.22 bits per heavy atom. The van der Waals surface area contributed by atoms with Crippen LogP contribution < -0.4 is 4.74 Å². The first-order valence-electron chi connectivity index (χ1n) is 6.28. The minimum atomic E-state index is -1.26. The molecule has 0 aliphatic carbocycles. The van der Waals surface area contributed by atoms with Crippen molar-refractivity contribution in [1.82, 2.24) is 0 Å². The van der Waals surface area contributed by atoms with E-state index in [1.165, 1.54) is 4.90 Å². The van der Waals surface area contributed by atoms with Gasteiger partial charge < -0.3 is 4.74 Å². The molecule has 0 radical (unpaired) electrons. The average Bonchev–Trinajstić information content (AvgIpc) is 2.34. The van der Waals surface area contributed by atoms with E-state index < -0.39 is 8.07 Å². The number of rotatable bonds is 4. The summed E-state index contributed by atoms with van der Waals surface area (Å²) in [4.78, 5) is 1.26. The third-order valence-electron chi connectivity index (χ3n) is 2.32. The second-order valence-corrected chi connectivity index (χ2v) is 11.2. The minimum absolute atomic E-state index is 0.394. The molecule has 1 aromatic rings. The van der Waals surface area contributed by atoms with Crippen LogP contribution in [0.1, 0.15) is 13.3 Å². The lowest BCUT2D eigenvalue weighted by atomic mass is 10.3. The van der Waals surface area contributed by atoms with Crippen LogP contribution in [0.4, 0.5) is 0 Å². The van der Waals surface area contributed by atoms with Gasteiger partial charge in [-0.05, 0) is 30.7 Å². The summed E-state index contributed by atoms with van der Waals surface area (Å²) in [7, 11) is 0.428. The molecule has 0 spiro atoms. The molecule has 0 aliphatic heterocycles. The zero-order chi connectivity index (χ0) is 13.6. The van der Waals surface area contributed by atoms with Crippen LogP contribution in [0.3, 0.4) is 0 Å². The summed E-state index contributed by atoms with van der Waals surface area (Å²) >= 11 is 1.84. The number of ether oxygens (including phenoxy) is 1. The van der Waals surface area contributed by atoms with E-state index in [1.807, 2.05) is 23.9 Å². The van der Waals surface area contributed by atoms with Crippen molar-refractivity contribution in [3.63, 3.8) is 0 Å². The van der Waals surface area contributed by atoms with E-state index in [9.17, 15) is 0 Å². The number of thioether (sulfide) groups is 1. The zero-order valence-corrected chi connectivity index (χ0v) is 13.7. The second-order valence-electron chi connectivity index (χ2n) is 5.21. The molecular formula is C15H22OSSi. The zero-order valence-electron chi connectivity index (χ0n) is 11.9. The monoisotopic (exact) mass is 278 g/mol. The fraction of sp³-hybridized carbons (Fsp3) is 0.467. The van der Waals surface area contributed by atoms with Gasteiger partial charge in [-0.15, -0.1) is 17.3 Å². The third-order valence-corrected chi connectivity index (χ3v) is 4.49. The van der Waals surface area contributed by atoms with Gasteiger partial charge in [0.05, 0.1) is 12.4 Å². The molecule has 1 unspecified atom stereocenters. The van der Waals surface area contributed by atoms with Gasteiger partial charge >= 0.3 is 0 Å². The lowest BCUT2D eigenvalue weighted by Crippen LogP contribution is -2.17. The van der Waals surface area contributed by atoms with Crippen molar-refractivity contribution in [1.29, 1.82) is 0 Å². The molecule has 0 saturated carbocycles. The maximum Gasteiger partial charge on any atom is 0.129 e. The van der Waals surface area contributed by atoms with Gasteiger partial charge in [0.25, 0.3) is 0 Å². The molecule has 3 heteroatoms. The number of hydrogen-bond donors (Lipinski definition) is 0. The van der Waals surface area contributed by atoms with E-state index in [1.54, 1.807) is 7.11 Å². The highest BCUT2D eigenvalue weighted by Crippen LogP contribution is 2.26. The minimum Gasteiger partial charge on any atom is -0.497 e. The molecule has 0 aromatic heterocycles. The van der Waals surface area contributed by atoms with E-state index in [4.69, 9.17) is 4.74 Å². The van der Waals surface area contributed by atoms with Crippen molar-refractivity contribution in [2.24, 2.45) is 0 Å². The fourth-order valence-electron chi connectivity index (χ4n) is 1.33. The van der Waals surface area contributed by atoms with Gasteiger partial charge in [0.1, 0.15) is 13.8 Å². The van der Waals surface area contributed by atoms with E-state index in [-0.39, 0.29) is 0 Å². The molecule has 0 N–H and O–H groups in total. The summed E-state index contributed by atoms with van der Waals surface area (Å²) in [5.74, 6) is 4.33. The highest BCUT2D eigenvalue weighted by atomic mass is 32.2. The van der Waals surface area contributed by atoms with Crippen LogP contribution in [0.2, 0.25) is 19.6 Å². The van der Waals surface area contributed by atoms with Gasteiger partial charge in [-0.2, -0.15) is 0 Å². The quantitative estimate of drug-likeness (QED) is 0.457. The van der Waals surface area contributed by atoms with Crippen LogP contribution in [-0.2, 0) is 0 Å². The highest BCUT2D eigenvalue weighted by molar-refractivity contribution is 8.00. The van der Waals surface area contributed by atoms with Crippen LogP contribution in [0.25, 0.3) is 0 Å². The third kappa shape index (κ3) is 5.66. The van der Waals surface area contributed by atoms with Gasteiger partial charge in [-0.3, -0.25) is 0 Å². The smallest absolute Gasteiger partial charge is 0.129 e. The summed E-state index contributed by atoms with van der Waals surface area (Å²) in [5, 5.41) is 0.394. The van der Waals surface area contributed by atoms with Gasteiger partial charge in [0.15, 0.2) is 0 Å². The van der Waals surface area contributed by atoms with E-state index in [0.29, 0.717) is 5.25 Å². The Hall–Kier alpha value is -0.853. The molecule has 18 heavy (non-hydrogen) atoms. The molecule has 0 fully saturated rings. The van der Waals surface area contributed by atoms with E-state index >= 15 is 0 Å². The Bertz CT molecular complexity index is 423. The summed E-state index contributed by atoms with van der Waals surface area (Å²) in [6.07, 6.45) is 1.08. The lowest BCUT2D eigenvalue weighted by molar-refractivity contribution is 0.414. The topological polar surface area (TPSA) is 9.23 Å². The molecule has 98 valence electrons. The molecule has 0 saturated heterocycles. The van der Waals surface area contributed by atoms with Crippen molar-refractivity contribution in [2.75, 3.05) is 7.11 Å². The summed E-state index contributed by atoms with van der Waals surface area (Å²) in [6.45, 7) is 9.04. The summed E-state index contributed by atoms with van der Waals surface area (Å²) < 4.78 is 5.16. The molecule has 1 nitrogen and oxygen atoms in total. The first-order valence-corrected chi connectivity index (χ1v) is 10.7. The maximum atomic E-state index is 5.16. The molecular weight excluding hydrogens is 256 g/mol. The normalized spacial score (nSPS) is 12.5. The number of methoxy groups -OCH3 is 1. The van der Waals surface area contributed by atoms with Crippen LogP contribution in [0.15, 0.2) is 29.2 Å². The van der Waals surface area contributed by atoms with Crippen molar-refractivity contribution >= 4 is 19.8 Å². The maximum absolute atomic E-state index is 5.16. The Morgan fingerprint density at radius 2 is 1.83 bits per heavy atom. The van der Waals surface area contributed by atoms with Crippen molar-refractivity contribution in [3.8, 4) is 17.2 Å². The lowest BCUT2D eigenvalue weighted by Gasteiger charge is -2.10. The molecule has 1 aromatic carbocycles. The average molecular weight is 278 g/mol. The summed E-state index contributed by atoms with van der Waals surface area (Å²) in [5.41, 5.74) is 3.46. The van der Waals surface area contributed by atoms with Crippen LogP contribution in [0.5, 0.6) is 5.75 Å². The Labute approximate surface area is 116 Å². The van der Waals surface area contributed by atoms with Gasteiger partial charge in [0.2, 0.25) is 0 Å². The Balaban J connectivity index is 2.69. The highest BCUT2D eigenvalue weighted by Gasteiger charge is 2.10.